The molecule has 1 saturated heterocycles. The Morgan fingerprint density at radius 2 is 2.17 bits per heavy atom. The van der Waals surface area contributed by atoms with Crippen LogP contribution in [0.25, 0.3) is 0 Å². The van der Waals surface area contributed by atoms with Crippen LogP contribution in [0.3, 0.4) is 0 Å². The van der Waals surface area contributed by atoms with Crippen LogP contribution in [0.4, 0.5) is 0 Å². The molecule has 98 valence electrons. The Bertz CT molecular complexity index is 422. The lowest BCUT2D eigenvalue weighted by Crippen LogP contribution is -2.41. The highest BCUT2D eigenvalue weighted by molar-refractivity contribution is 9.10. The SMILES string of the molecule is C[C@H](NC(=O)C1C[C@@H](O)CN1)c1ccc(Br)cc1. The van der Waals surface area contributed by atoms with Gasteiger partial charge in [0.15, 0.2) is 0 Å². The molecule has 1 amide bonds. The topological polar surface area (TPSA) is 61.4 Å². The average Bonchev–Trinajstić information content (AvgIpc) is 2.76. The molecule has 1 aliphatic rings. The molecule has 0 spiro atoms. The fraction of sp³-hybridized carbons (Fsp3) is 0.462. The minimum atomic E-state index is -0.413. The summed E-state index contributed by atoms with van der Waals surface area (Å²) in [4.78, 5) is 11.9. The number of hydrogen-bond acceptors (Lipinski definition) is 3. The number of benzene rings is 1. The van der Waals surface area contributed by atoms with Gasteiger partial charge in [0.1, 0.15) is 0 Å². The van der Waals surface area contributed by atoms with Crippen LogP contribution in [0.5, 0.6) is 0 Å². The molecule has 1 aromatic rings. The third kappa shape index (κ3) is 3.31. The van der Waals surface area contributed by atoms with Gasteiger partial charge in [0.05, 0.1) is 18.2 Å². The largest absolute Gasteiger partial charge is 0.392 e. The van der Waals surface area contributed by atoms with Gasteiger partial charge >= 0.3 is 0 Å². The fourth-order valence-electron chi connectivity index (χ4n) is 2.07. The van der Waals surface area contributed by atoms with E-state index in [4.69, 9.17) is 0 Å². The molecule has 0 radical (unpaired) electrons. The number of rotatable bonds is 3. The smallest absolute Gasteiger partial charge is 0.237 e. The maximum absolute atomic E-state index is 11.9. The van der Waals surface area contributed by atoms with E-state index in [9.17, 15) is 9.90 Å². The zero-order chi connectivity index (χ0) is 13.1. The molecule has 1 unspecified atom stereocenters. The first-order chi connectivity index (χ1) is 8.56. The Hall–Kier alpha value is -0.910. The van der Waals surface area contributed by atoms with E-state index in [1.165, 1.54) is 0 Å². The second-order valence-corrected chi connectivity index (χ2v) is 5.55. The van der Waals surface area contributed by atoms with E-state index in [0.29, 0.717) is 13.0 Å². The summed E-state index contributed by atoms with van der Waals surface area (Å²) in [6.07, 6.45) is 0.0718. The van der Waals surface area contributed by atoms with Gasteiger partial charge < -0.3 is 15.7 Å². The van der Waals surface area contributed by atoms with E-state index in [-0.39, 0.29) is 18.0 Å². The molecule has 0 aliphatic carbocycles. The highest BCUT2D eigenvalue weighted by Crippen LogP contribution is 2.17. The van der Waals surface area contributed by atoms with Crippen LogP contribution in [-0.4, -0.2) is 29.7 Å². The minimum absolute atomic E-state index is 0.0369. The molecule has 4 nitrogen and oxygen atoms in total. The zero-order valence-electron chi connectivity index (χ0n) is 10.2. The first-order valence-electron chi connectivity index (χ1n) is 6.03. The Morgan fingerprint density at radius 1 is 1.50 bits per heavy atom. The molecule has 0 saturated carbocycles. The van der Waals surface area contributed by atoms with E-state index in [1.54, 1.807) is 0 Å². The molecule has 18 heavy (non-hydrogen) atoms. The Labute approximate surface area is 115 Å². The Balaban J connectivity index is 1.92. The van der Waals surface area contributed by atoms with Crippen molar-refractivity contribution in [1.82, 2.24) is 10.6 Å². The zero-order valence-corrected chi connectivity index (χ0v) is 11.8. The van der Waals surface area contributed by atoms with E-state index in [0.717, 1.165) is 10.0 Å². The van der Waals surface area contributed by atoms with Crippen molar-refractivity contribution in [2.24, 2.45) is 0 Å². The summed E-state index contributed by atoms with van der Waals surface area (Å²) in [5.41, 5.74) is 1.06. The number of aliphatic hydroxyl groups is 1. The van der Waals surface area contributed by atoms with Crippen molar-refractivity contribution in [1.29, 1.82) is 0 Å². The summed E-state index contributed by atoms with van der Waals surface area (Å²) in [6.45, 7) is 2.44. The number of β-amino-alcohol motifs (C(OH)–C–C–N with tert-alkyl or cyclic N) is 1. The van der Waals surface area contributed by atoms with Crippen molar-refractivity contribution in [3.05, 3.63) is 34.3 Å². The predicted molar refractivity (Wildman–Crippen MR) is 73.1 cm³/mol. The lowest BCUT2D eigenvalue weighted by molar-refractivity contribution is -0.123. The fourth-order valence-corrected chi connectivity index (χ4v) is 2.33. The summed E-state index contributed by atoms with van der Waals surface area (Å²) >= 11 is 3.38. The van der Waals surface area contributed by atoms with Gasteiger partial charge in [0.25, 0.3) is 0 Å². The monoisotopic (exact) mass is 312 g/mol. The van der Waals surface area contributed by atoms with E-state index < -0.39 is 6.10 Å². The van der Waals surface area contributed by atoms with E-state index in [2.05, 4.69) is 26.6 Å². The number of carbonyl (C=O) groups excluding carboxylic acids is 1. The summed E-state index contributed by atoms with van der Waals surface area (Å²) in [5, 5.41) is 15.3. The van der Waals surface area contributed by atoms with E-state index >= 15 is 0 Å². The van der Waals surface area contributed by atoms with Crippen LogP contribution in [0, 0.1) is 0 Å². The second kappa shape index (κ2) is 5.82. The molecule has 3 atom stereocenters. The molecule has 2 rings (SSSR count). The summed E-state index contributed by atoms with van der Waals surface area (Å²) in [6, 6.07) is 7.55. The highest BCUT2D eigenvalue weighted by atomic mass is 79.9. The van der Waals surface area contributed by atoms with Crippen LogP contribution in [0.15, 0.2) is 28.7 Å². The molecule has 1 heterocycles. The summed E-state index contributed by atoms with van der Waals surface area (Å²) < 4.78 is 1.02. The third-order valence-electron chi connectivity index (χ3n) is 3.15. The number of amides is 1. The summed E-state index contributed by atoms with van der Waals surface area (Å²) in [5.74, 6) is -0.0537. The Kier molecular flexibility index (Phi) is 4.37. The first-order valence-corrected chi connectivity index (χ1v) is 6.83. The molecule has 0 bridgehead atoms. The van der Waals surface area contributed by atoms with Crippen molar-refractivity contribution in [3.8, 4) is 0 Å². The normalized spacial score (nSPS) is 24.8. The van der Waals surface area contributed by atoms with Crippen LogP contribution < -0.4 is 10.6 Å². The van der Waals surface area contributed by atoms with Gasteiger partial charge in [-0.1, -0.05) is 28.1 Å². The molecule has 0 aromatic heterocycles. The average molecular weight is 313 g/mol. The van der Waals surface area contributed by atoms with Crippen LogP contribution in [-0.2, 0) is 4.79 Å². The lowest BCUT2D eigenvalue weighted by Gasteiger charge is -2.17. The predicted octanol–water partition coefficient (Wildman–Crippen LogP) is 1.35. The van der Waals surface area contributed by atoms with Crippen LogP contribution in [0.2, 0.25) is 0 Å². The van der Waals surface area contributed by atoms with Crippen molar-refractivity contribution in [2.75, 3.05) is 6.54 Å². The first kappa shape index (κ1) is 13.5. The second-order valence-electron chi connectivity index (χ2n) is 4.63. The van der Waals surface area contributed by atoms with Crippen LogP contribution >= 0.6 is 15.9 Å². The van der Waals surface area contributed by atoms with Gasteiger partial charge in [-0.05, 0) is 31.0 Å². The molecule has 1 aliphatic heterocycles. The van der Waals surface area contributed by atoms with Gasteiger partial charge in [-0.25, -0.2) is 0 Å². The van der Waals surface area contributed by atoms with Crippen molar-refractivity contribution >= 4 is 21.8 Å². The molecule has 5 heteroatoms. The standard InChI is InChI=1S/C13H17BrN2O2/c1-8(9-2-4-10(14)5-3-9)16-13(18)12-6-11(17)7-15-12/h2-5,8,11-12,15,17H,6-7H2,1H3,(H,16,18)/t8-,11+,12?/m0/s1. The van der Waals surface area contributed by atoms with Gasteiger partial charge in [0.2, 0.25) is 5.91 Å². The van der Waals surface area contributed by atoms with Crippen molar-refractivity contribution in [3.63, 3.8) is 0 Å². The minimum Gasteiger partial charge on any atom is -0.392 e. The van der Waals surface area contributed by atoms with Gasteiger partial charge in [-0.15, -0.1) is 0 Å². The lowest BCUT2D eigenvalue weighted by atomic mass is 10.1. The molecule has 1 aromatic carbocycles. The Morgan fingerprint density at radius 3 is 2.72 bits per heavy atom. The number of halogens is 1. The highest BCUT2D eigenvalue weighted by Gasteiger charge is 2.28. The summed E-state index contributed by atoms with van der Waals surface area (Å²) in [7, 11) is 0. The van der Waals surface area contributed by atoms with Crippen molar-refractivity contribution < 1.29 is 9.90 Å². The number of nitrogens with one attached hydrogen (secondary N) is 2. The molecule has 1 fully saturated rings. The van der Waals surface area contributed by atoms with Gasteiger partial charge in [0, 0.05) is 11.0 Å². The van der Waals surface area contributed by atoms with E-state index in [1.807, 2.05) is 31.2 Å². The number of hydrogen-bond donors (Lipinski definition) is 3. The van der Waals surface area contributed by atoms with Gasteiger partial charge in [-0.2, -0.15) is 0 Å². The van der Waals surface area contributed by atoms with Gasteiger partial charge in [-0.3, -0.25) is 4.79 Å². The quantitative estimate of drug-likeness (QED) is 0.789. The van der Waals surface area contributed by atoms with Crippen molar-refractivity contribution in [2.45, 2.75) is 31.5 Å². The third-order valence-corrected chi connectivity index (χ3v) is 3.68. The maximum Gasteiger partial charge on any atom is 0.237 e. The molecular formula is C13H17BrN2O2. The maximum atomic E-state index is 11.9. The molecule has 3 N–H and O–H groups in total. The number of carbonyl (C=O) groups is 1. The van der Waals surface area contributed by atoms with Crippen LogP contribution in [0.1, 0.15) is 24.9 Å². The number of aliphatic hydroxyl groups excluding tert-OH is 1. The molecular weight excluding hydrogens is 296 g/mol.